The van der Waals surface area contributed by atoms with Crippen molar-refractivity contribution in [2.75, 3.05) is 32.0 Å². The number of nitrogens with one attached hydrogen (secondary N) is 1. The molecule has 38 heavy (non-hydrogen) atoms. The zero-order valence-electron chi connectivity index (χ0n) is 20.1. The SMILES string of the molecule is C[C@@H](NC(=O)c1ccc(=O)n(-c2cccc(C(=O)N3CCOCC3)c2F)n1)c1cc(N)cc(C(F)(F)F)c1. The molecule has 1 aromatic heterocycles. The van der Waals surface area contributed by atoms with Crippen molar-refractivity contribution in [3.05, 3.63) is 87.1 Å². The lowest BCUT2D eigenvalue weighted by molar-refractivity contribution is -0.137. The number of nitrogens with zero attached hydrogens (tertiary/aromatic N) is 3. The maximum atomic E-state index is 15.4. The van der Waals surface area contributed by atoms with Crippen molar-refractivity contribution in [1.29, 1.82) is 0 Å². The van der Waals surface area contributed by atoms with E-state index < -0.39 is 41.0 Å². The van der Waals surface area contributed by atoms with Gasteiger partial charge in [0.15, 0.2) is 5.82 Å². The molecular weight excluding hydrogens is 510 g/mol. The lowest BCUT2D eigenvalue weighted by Crippen LogP contribution is -2.41. The van der Waals surface area contributed by atoms with Crippen molar-refractivity contribution >= 4 is 17.5 Å². The van der Waals surface area contributed by atoms with E-state index in [1.54, 1.807) is 0 Å². The number of aromatic nitrogens is 2. The van der Waals surface area contributed by atoms with E-state index >= 15 is 4.39 Å². The number of nitrogen functional groups attached to an aromatic ring is 1. The molecule has 3 N–H and O–H groups in total. The number of carbonyl (C=O) groups is 2. The third-order valence-electron chi connectivity index (χ3n) is 5.92. The maximum absolute atomic E-state index is 15.4. The van der Waals surface area contributed by atoms with Crippen LogP contribution in [-0.4, -0.2) is 52.8 Å². The van der Waals surface area contributed by atoms with Crippen LogP contribution < -0.4 is 16.6 Å². The molecule has 0 radical (unpaired) electrons. The molecule has 1 aliphatic rings. The first-order valence-electron chi connectivity index (χ1n) is 11.5. The van der Waals surface area contributed by atoms with Crippen molar-refractivity contribution in [3.63, 3.8) is 0 Å². The van der Waals surface area contributed by atoms with Gasteiger partial charge in [-0.15, -0.1) is 0 Å². The summed E-state index contributed by atoms with van der Waals surface area (Å²) in [5, 5.41) is 6.44. The number of carbonyl (C=O) groups excluding carboxylic acids is 2. The summed E-state index contributed by atoms with van der Waals surface area (Å²) >= 11 is 0. The molecule has 1 saturated heterocycles. The number of ether oxygens (including phenoxy) is 1. The molecule has 2 heterocycles. The van der Waals surface area contributed by atoms with Crippen molar-refractivity contribution in [3.8, 4) is 5.69 Å². The standard InChI is InChI=1S/C25H23F4N5O4/c1-14(15-11-16(25(27,28)29)13-17(30)12-15)31-23(36)19-5-6-21(35)34(32-19)20-4-2-3-18(22(20)26)24(37)33-7-9-38-10-8-33/h2-6,11-14H,7-10,30H2,1H3,(H,31,36)/t14-/m1/s1. The lowest BCUT2D eigenvalue weighted by atomic mass is 10.0. The zero-order chi connectivity index (χ0) is 27.6. The van der Waals surface area contributed by atoms with Crippen LogP contribution in [0, 0.1) is 5.82 Å². The molecule has 1 fully saturated rings. The normalized spacial score (nSPS) is 14.7. The minimum Gasteiger partial charge on any atom is -0.399 e. The Bertz CT molecular complexity index is 1430. The molecule has 3 aromatic rings. The molecule has 0 spiro atoms. The van der Waals surface area contributed by atoms with Crippen LogP contribution >= 0.6 is 0 Å². The second-order valence-corrected chi connectivity index (χ2v) is 8.59. The van der Waals surface area contributed by atoms with Gasteiger partial charge in [0.05, 0.1) is 30.4 Å². The minimum atomic E-state index is -4.63. The molecule has 13 heteroatoms. The highest BCUT2D eigenvalue weighted by molar-refractivity contribution is 5.95. The Labute approximate surface area is 213 Å². The van der Waals surface area contributed by atoms with Gasteiger partial charge in [0.1, 0.15) is 11.4 Å². The number of benzene rings is 2. The first-order valence-corrected chi connectivity index (χ1v) is 11.5. The fourth-order valence-electron chi connectivity index (χ4n) is 3.93. The molecule has 4 rings (SSSR count). The number of amides is 2. The maximum Gasteiger partial charge on any atom is 0.416 e. The third-order valence-corrected chi connectivity index (χ3v) is 5.92. The Morgan fingerprint density at radius 1 is 1.11 bits per heavy atom. The van der Waals surface area contributed by atoms with Gasteiger partial charge in [-0.05, 0) is 48.9 Å². The molecule has 1 aliphatic heterocycles. The van der Waals surface area contributed by atoms with Gasteiger partial charge in [-0.2, -0.15) is 23.0 Å². The van der Waals surface area contributed by atoms with Gasteiger partial charge in [-0.1, -0.05) is 6.07 Å². The first-order chi connectivity index (χ1) is 18.0. The summed E-state index contributed by atoms with van der Waals surface area (Å²) in [4.78, 5) is 39.6. The first kappa shape index (κ1) is 26.8. The summed E-state index contributed by atoms with van der Waals surface area (Å²) in [6.45, 7) is 2.65. The van der Waals surface area contributed by atoms with E-state index in [0.29, 0.717) is 17.9 Å². The number of nitrogens with two attached hydrogens (primary N) is 1. The van der Waals surface area contributed by atoms with E-state index in [1.807, 2.05) is 0 Å². The largest absolute Gasteiger partial charge is 0.416 e. The van der Waals surface area contributed by atoms with Gasteiger partial charge >= 0.3 is 6.18 Å². The number of morpholine rings is 1. The van der Waals surface area contributed by atoms with Gasteiger partial charge in [0.2, 0.25) is 0 Å². The fraction of sp³-hybridized carbons (Fsp3) is 0.280. The van der Waals surface area contributed by atoms with Crippen molar-refractivity contribution in [2.45, 2.75) is 19.1 Å². The van der Waals surface area contributed by atoms with Crippen molar-refractivity contribution < 1.29 is 31.9 Å². The van der Waals surface area contributed by atoms with Crippen LogP contribution in [0.15, 0.2) is 53.3 Å². The number of alkyl halides is 3. The van der Waals surface area contributed by atoms with Crippen LogP contribution in [0.25, 0.3) is 5.69 Å². The van der Waals surface area contributed by atoms with Crippen LogP contribution in [0.1, 0.15) is 44.9 Å². The van der Waals surface area contributed by atoms with Crippen LogP contribution in [0.5, 0.6) is 0 Å². The Balaban J connectivity index is 1.61. The summed E-state index contributed by atoms with van der Waals surface area (Å²) < 4.78 is 60.7. The molecule has 0 bridgehead atoms. The predicted octanol–water partition coefficient (Wildman–Crippen LogP) is 2.94. The molecule has 0 saturated carbocycles. The lowest BCUT2D eigenvalue weighted by Gasteiger charge is -2.27. The Morgan fingerprint density at radius 2 is 1.82 bits per heavy atom. The third kappa shape index (κ3) is 5.67. The second kappa shape index (κ2) is 10.6. The number of anilines is 1. The molecule has 2 aromatic carbocycles. The van der Waals surface area contributed by atoms with Gasteiger partial charge in [0.25, 0.3) is 17.4 Å². The van der Waals surface area contributed by atoms with E-state index in [0.717, 1.165) is 24.3 Å². The highest BCUT2D eigenvalue weighted by Crippen LogP contribution is 2.32. The molecule has 0 aliphatic carbocycles. The van der Waals surface area contributed by atoms with Gasteiger partial charge < -0.3 is 20.7 Å². The summed E-state index contributed by atoms with van der Waals surface area (Å²) in [7, 11) is 0. The molecular formula is C25H23F4N5O4. The van der Waals surface area contributed by atoms with E-state index in [4.69, 9.17) is 10.5 Å². The highest BCUT2D eigenvalue weighted by Gasteiger charge is 2.31. The topological polar surface area (TPSA) is 120 Å². The van der Waals surface area contributed by atoms with Gasteiger partial charge in [-0.25, -0.2) is 4.39 Å². The Hall–Kier alpha value is -4.26. The highest BCUT2D eigenvalue weighted by atomic mass is 19.4. The average Bonchev–Trinajstić information content (AvgIpc) is 2.88. The molecule has 0 unspecified atom stereocenters. The van der Waals surface area contributed by atoms with Crippen LogP contribution in [-0.2, 0) is 10.9 Å². The van der Waals surface area contributed by atoms with Crippen LogP contribution in [0.2, 0.25) is 0 Å². The Kier molecular flexibility index (Phi) is 7.49. The summed E-state index contributed by atoms with van der Waals surface area (Å²) in [6, 6.07) is 8.00. The summed E-state index contributed by atoms with van der Waals surface area (Å²) in [5.41, 5.74) is 2.90. The van der Waals surface area contributed by atoms with E-state index in [-0.39, 0.29) is 41.3 Å². The summed E-state index contributed by atoms with van der Waals surface area (Å²) in [6.07, 6.45) is -4.63. The number of rotatable bonds is 5. The molecule has 2 amide bonds. The monoisotopic (exact) mass is 533 g/mol. The quantitative estimate of drug-likeness (QED) is 0.385. The smallest absolute Gasteiger partial charge is 0.399 e. The van der Waals surface area contributed by atoms with Crippen molar-refractivity contribution in [2.24, 2.45) is 0 Å². The Morgan fingerprint density at radius 3 is 2.50 bits per heavy atom. The number of hydrogen-bond acceptors (Lipinski definition) is 6. The summed E-state index contributed by atoms with van der Waals surface area (Å²) in [5.74, 6) is -2.41. The minimum absolute atomic E-state index is 0.0966. The van der Waals surface area contributed by atoms with Gasteiger partial charge in [-0.3, -0.25) is 14.4 Å². The van der Waals surface area contributed by atoms with Crippen LogP contribution in [0.3, 0.4) is 0 Å². The second-order valence-electron chi connectivity index (χ2n) is 8.59. The zero-order valence-corrected chi connectivity index (χ0v) is 20.1. The molecule has 9 nitrogen and oxygen atoms in total. The van der Waals surface area contributed by atoms with Gasteiger partial charge in [0, 0.05) is 24.8 Å². The van der Waals surface area contributed by atoms with E-state index in [9.17, 15) is 27.6 Å². The predicted molar refractivity (Wildman–Crippen MR) is 128 cm³/mol. The number of halogens is 4. The van der Waals surface area contributed by atoms with E-state index in [1.165, 1.54) is 36.1 Å². The fourth-order valence-corrected chi connectivity index (χ4v) is 3.93. The number of hydrogen-bond donors (Lipinski definition) is 2. The van der Waals surface area contributed by atoms with Crippen LogP contribution in [0.4, 0.5) is 23.2 Å². The van der Waals surface area contributed by atoms with E-state index in [2.05, 4.69) is 10.4 Å². The van der Waals surface area contributed by atoms with Crippen molar-refractivity contribution in [1.82, 2.24) is 20.0 Å². The molecule has 200 valence electrons. The molecule has 1 atom stereocenters. The average molecular weight is 533 g/mol.